The van der Waals surface area contributed by atoms with Gasteiger partial charge in [0.05, 0.1) is 12.0 Å². The number of aromatic nitrogens is 1. The smallest absolute Gasteiger partial charge is 0.253 e. The van der Waals surface area contributed by atoms with Gasteiger partial charge < -0.3 is 14.7 Å². The first-order valence-corrected chi connectivity index (χ1v) is 9.32. The first-order valence-electron chi connectivity index (χ1n) is 9.32. The maximum Gasteiger partial charge on any atom is 0.253 e. The van der Waals surface area contributed by atoms with Crippen LogP contribution in [-0.4, -0.2) is 35.0 Å². The van der Waals surface area contributed by atoms with Gasteiger partial charge in [0.2, 0.25) is 5.91 Å². The topological polar surface area (TPSA) is 75.4 Å². The molecule has 1 aromatic heterocycles. The Bertz CT molecular complexity index is 982. The lowest BCUT2D eigenvalue weighted by atomic mass is 9.73. The fourth-order valence-corrected chi connectivity index (χ4v) is 3.61. The van der Waals surface area contributed by atoms with E-state index in [9.17, 15) is 14.0 Å². The van der Waals surface area contributed by atoms with Crippen LogP contribution in [0, 0.1) is 11.2 Å². The second kappa shape index (κ2) is 7.87. The van der Waals surface area contributed by atoms with Crippen molar-refractivity contribution in [1.82, 2.24) is 15.4 Å². The Hall–Kier alpha value is -3.48. The Morgan fingerprint density at radius 3 is 2.45 bits per heavy atom. The third-order valence-electron chi connectivity index (χ3n) is 5.15. The molecule has 0 aliphatic carbocycles. The van der Waals surface area contributed by atoms with E-state index in [1.165, 1.54) is 30.5 Å². The normalized spacial score (nSPS) is 14.9. The summed E-state index contributed by atoms with van der Waals surface area (Å²) >= 11 is 0. The van der Waals surface area contributed by atoms with Gasteiger partial charge in [0.1, 0.15) is 17.8 Å². The highest BCUT2D eigenvalue weighted by Gasteiger charge is 2.50. The average Bonchev–Trinajstić information content (AvgIpc) is 3.23. The molecule has 1 fully saturated rings. The van der Waals surface area contributed by atoms with Gasteiger partial charge in [-0.05, 0) is 36.2 Å². The number of rotatable bonds is 6. The summed E-state index contributed by atoms with van der Waals surface area (Å²) in [7, 11) is 0. The van der Waals surface area contributed by atoms with Gasteiger partial charge >= 0.3 is 0 Å². The Labute approximate surface area is 167 Å². The molecule has 1 saturated heterocycles. The van der Waals surface area contributed by atoms with Crippen LogP contribution in [0.1, 0.15) is 21.6 Å². The van der Waals surface area contributed by atoms with E-state index in [-0.39, 0.29) is 18.4 Å². The van der Waals surface area contributed by atoms with Gasteiger partial charge in [-0.25, -0.2) is 4.39 Å². The van der Waals surface area contributed by atoms with Gasteiger partial charge in [0, 0.05) is 24.7 Å². The van der Waals surface area contributed by atoms with E-state index in [0.29, 0.717) is 30.8 Å². The van der Waals surface area contributed by atoms with Gasteiger partial charge in [0.15, 0.2) is 0 Å². The highest BCUT2D eigenvalue weighted by molar-refractivity contribution is 5.97. The Balaban J connectivity index is 1.48. The molecule has 0 radical (unpaired) electrons. The third-order valence-corrected chi connectivity index (χ3v) is 5.15. The minimum Gasteiger partial charge on any atom is -0.364 e. The number of amides is 2. The van der Waals surface area contributed by atoms with Gasteiger partial charge in [-0.15, -0.1) is 0 Å². The van der Waals surface area contributed by atoms with Crippen molar-refractivity contribution < 1.29 is 18.5 Å². The van der Waals surface area contributed by atoms with E-state index < -0.39 is 11.2 Å². The number of benzene rings is 2. The molecule has 1 aliphatic heterocycles. The minimum absolute atomic E-state index is 0.132. The van der Waals surface area contributed by atoms with Crippen molar-refractivity contribution in [3.05, 3.63) is 89.6 Å². The summed E-state index contributed by atoms with van der Waals surface area (Å²) in [6, 6.07) is 16.8. The zero-order valence-electron chi connectivity index (χ0n) is 15.7. The molecule has 0 saturated carbocycles. The predicted octanol–water partition coefficient (Wildman–Crippen LogP) is 2.82. The maximum atomic E-state index is 13.1. The van der Waals surface area contributed by atoms with Crippen LogP contribution in [0.25, 0.3) is 0 Å². The van der Waals surface area contributed by atoms with E-state index in [4.69, 9.17) is 4.52 Å². The first-order chi connectivity index (χ1) is 14.1. The molecule has 7 heteroatoms. The minimum atomic E-state index is -0.721. The van der Waals surface area contributed by atoms with E-state index in [0.717, 1.165) is 5.56 Å². The van der Waals surface area contributed by atoms with Crippen LogP contribution >= 0.6 is 0 Å². The fraction of sp³-hybridized carbons (Fsp3) is 0.227. The number of halogens is 1. The summed E-state index contributed by atoms with van der Waals surface area (Å²) in [4.78, 5) is 27.4. The van der Waals surface area contributed by atoms with E-state index >= 15 is 0 Å². The summed E-state index contributed by atoms with van der Waals surface area (Å²) in [5.41, 5.74) is 1.34. The highest BCUT2D eigenvalue weighted by Crippen LogP contribution is 2.35. The zero-order chi connectivity index (χ0) is 20.3. The molecule has 1 aliphatic rings. The summed E-state index contributed by atoms with van der Waals surface area (Å²) in [6.07, 6.45) is 1.97. The molecule has 2 heterocycles. The van der Waals surface area contributed by atoms with Crippen LogP contribution < -0.4 is 5.32 Å². The Kier molecular flexibility index (Phi) is 5.12. The largest absolute Gasteiger partial charge is 0.364 e. The molecule has 3 aromatic rings. The van der Waals surface area contributed by atoms with E-state index in [1.807, 2.05) is 30.3 Å². The van der Waals surface area contributed by atoms with E-state index in [1.54, 1.807) is 11.0 Å². The van der Waals surface area contributed by atoms with Crippen molar-refractivity contribution in [2.45, 2.75) is 13.0 Å². The van der Waals surface area contributed by atoms with Crippen molar-refractivity contribution in [2.24, 2.45) is 5.41 Å². The molecule has 0 spiro atoms. The second-order valence-electron chi connectivity index (χ2n) is 7.28. The fourth-order valence-electron chi connectivity index (χ4n) is 3.61. The lowest BCUT2D eigenvalue weighted by molar-refractivity contribution is -0.139. The summed E-state index contributed by atoms with van der Waals surface area (Å²) in [5.74, 6) is -0.735. The van der Waals surface area contributed by atoms with Gasteiger partial charge in [-0.1, -0.05) is 35.5 Å². The monoisotopic (exact) mass is 393 g/mol. The SMILES string of the molecule is O=C(c1ccc(F)cc1)N1CC(Cc2ccccc2)(C(=O)NCc2ccon2)C1. The van der Waals surface area contributed by atoms with Crippen LogP contribution in [0.15, 0.2) is 71.4 Å². The molecule has 29 heavy (non-hydrogen) atoms. The van der Waals surface area contributed by atoms with Crippen molar-refractivity contribution in [1.29, 1.82) is 0 Å². The van der Waals surface area contributed by atoms with Crippen molar-refractivity contribution in [3.8, 4) is 0 Å². The number of nitrogens with zero attached hydrogens (tertiary/aromatic N) is 2. The van der Waals surface area contributed by atoms with Crippen LogP contribution in [-0.2, 0) is 17.8 Å². The van der Waals surface area contributed by atoms with Gasteiger partial charge in [0.25, 0.3) is 5.91 Å². The third kappa shape index (κ3) is 4.03. The molecule has 0 atom stereocenters. The average molecular weight is 393 g/mol. The van der Waals surface area contributed by atoms with Crippen molar-refractivity contribution in [2.75, 3.05) is 13.1 Å². The standard InChI is InChI=1S/C22H20FN3O3/c23-18-8-6-17(7-9-18)20(27)26-14-22(15-26,12-16-4-2-1-3-5-16)21(28)24-13-19-10-11-29-25-19/h1-11H,12-15H2,(H,24,28). The lowest BCUT2D eigenvalue weighted by Crippen LogP contribution is -2.65. The molecular formula is C22H20FN3O3. The Morgan fingerprint density at radius 2 is 1.79 bits per heavy atom. The molecule has 2 aromatic carbocycles. The highest BCUT2D eigenvalue weighted by atomic mass is 19.1. The molecule has 148 valence electrons. The van der Waals surface area contributed by atoms with Gasteiger partial charge in [-0.3, -0.25) is 9.59 Å². The molecular weight excluding hydrogens is 373 g/mol. The van der Waals surface area contributed by atoms with E-state index in [2.05, 4.69) is 10.5 Å². The number of likely N-dealkylation sites (tertiary alicyclic amines) is 1. The summed E-state index contributed by atoms with van der Waals surface area (Å²) < 4.78 is 17.9. The maximum absolute atomic E-state index is 13.1. The molecule has 0 bridgehead atoms. The number of hydrogen-bond donors (Lipinski definition) is 1. The first kappa shape index (κ1) is 18.9. The summed E-state index contributed by atoms with van der Waals surface area (Å²) in [6.45, 7) is 0.850. The van der Waals surface area contributed by atoms with Crippen LogP contribution in [0.3, 0.4) is 0 Å². The van der Waals surface area contributed by atoms with Crippen molar-refractivity contribution in [3.63, 3.8) is 0 Å². The van der Waals surface area contributed by atoms with Crippen LogP contribution in [0.4, 0.5) is 4.39 Å². The van der Waals surface area contributed by atoms with Crippen LogP contribution in [0.2, 0.25) is 0 Å². The number of carbonyl (C=O) groups is 2. The second-order valence-corrected chi connectivity index (χ2v) is 7.28. The molecule has 0 unspecified atom stereocenters. The van der Waals surface area contributed by atoms with Crippen LogP contribution in [0.5, 0.6) is 0 Å². The zero-order valence-corrected chi connectivity index (χ0v) is 15.7. The molecule has 2 amide bonds. The Morgan fingerprint density at radius 1 is 1.07 bits per heavy atom. The number of carbonyl (C=O) groups excluding carboxylic acids is 2. The lowest BCUT2D eigenvalue weighted by Gasteiger charge is -2.49. The van der Waals surface area contributed by atoms with Crippen molar-refractivity contribution >= 4 is 11.8 Å². The number of nitrogens with one attached hydrogen (secondary N) is 1. The summed E-state index contributed by atoms with van der Waals surface area (Å²) in [5, 5.41) is 6.71. The molecule has 4 rings (SSSR count). The molecule has 1 N–H and O–H groups in total. The quantitative estimate of drug-likeness (QED) is 0.699. The molecule has 6 nitrogen and oxygen atoms in total. The van der Waals surface area contributed by atoms with Gasteiger partial charge in [-0.2, -0.15) is 0 Å². The number of hydrogen-bond acceptors (Lipinski definition) is 4. The predicted molar refractivity (Wildman–Crippen MR) is 103 cm³/mol.